The first kappa shape index (κ1) is 25.2. The van der Waals surface area contributed by atoms with Crippen molar-refractivity contribution in [2.45, 2.75) is 12.8 Å². The van der Waals surface area contributed by atoms with Gasteiger partial charge >= 0.3 is 68.8 Å². The van der Waals surface area contributed by atoms with Crippen LogP contribution in [-0.4, -0.2) is 21.3 Å². The van der Waals surface area contributed by atoms with Crippen molar-refractivity contribution in [3.63, 3.8) is 0 Å². The summed E-state index contributed by atoms with van der Waals surface area (Å²) in [6.45, 7) is 8.06. The fourth-order valence-electron chi connectivity index (χ4n) is 0.705. The summed E-state index contributed by atoms with van der Waals surface area (Å²) in [4.78, 5) is 0. The molecule has 0 bridgehead atoms. The Morgan fingerprint density at radius 2 is 1.45 bits per heavy atom. The zero-order chi connectivity index (χ0) is 16.1. The van der Waals surface area contributed by atoms with E-state index in [-0.39, 0.29) is 0 Å². The van der Waals surface area contributed by atoms with Crippen LogP contribution in [-0.2, 0) is 37.4 Å². The third-order valence-electron chi connectivity index (χ3n) is 1.45. The zero-order valence-corrected chi connectivity index (χ0v) is 15.0. The number of rotatable bonds is 5. The first-order valence-corrected chi connectivity index (χ1v) is 7.62. The van der Waals surface area contributed by atoms with Gasteiger partial charge in [0.05, 0.1) is 0 Å². The van der Waals surface area contributed by atoms with Gasteiger partial charge in [0, 0.05) is 21.3 Å². The Labute approximate surface area is 136 Å². The Hall–Kier alpha value is 0.258. The van der Waals surface area contributed by atoms with Gasteiger partial charge in [0.15, 0.2) is 0 Å². The van der Waals surface area contributed by atoms with Gasteiger partial charge in [0.2, 0.25) is 0 Å². The Morgan fingerprint density at radius 3 is 1.55 bits per heavy atom. The van der Waals surface area contributed by atoms with Gasteiger partial charge in [-0.05, 0) is 32.1 Å². The van der Waals surface area contributed by atoms with Crippen molar-refractivity contribution < 1.29 is 37.4 Å². The summed E-state index contributed by atoms with van der Waals surface area (Å²) in [7, 11) is 3.57. The second kappa shape index (κ2) is 27.6. The summed E-state index contributed by atoms with van der Waals surface area (Å²) < 4.78 is 24.5. The summed E-state index contributed by atoms with van der Waals surface area (Å²) >= 11 is 1.87. The molecule has 0 N–H and O–H groups in total. The molecular formula is C14H21MoO4P+. The summed E-state index contributed by atoms with van der Waals surface area (Å²) in [6.07, 6.45) is 14.0. The minimum absolute atomic E-state index is 1.05. The molecule has 0 amide bonds. The molecule has 5 radical (unpaired) electrons. The molecule has 0 spiro atoms. The average molecular weight is 380 g/mol. The fraction of sp³-hybridized carbons (Fsp3) is 0.357. The smallest absolute Gasteiger partial charge is 0.0312 e. The second-order valence-corrected chi connectivity index (χ2v) is 4.96. The van der Waals surface area contributed by atoms with E-state index in [0.29, 0.717) is 0 Å². The molecule has 0 atom stereocenters. The standard InChI is InChI=1S/C5H5.C5H7.C3H9O3P.CO.Mo/c1-2-4-5-3-1;1-3-5-4-2;1-4-7(5-2)6-3;1-2;/h1-5H;3H,1,4-5H2;1-3H3;;/q;;;;+1. The summed E-state index contributed by atoms with van der Waals surface area (Å²) in [5.41, 5.74) is 0. The van der Waals surface area contributed by atoms with E-state index in [2.05, 4.69) is 31.0 Å². The van der Waals surface area contributed by atoms with E-state index in [4.69, 9.17) is 4.65 Å². The first-order chi connectivity index (χ1) is 9.76. The molecule has 0 saturated heterocycles. The summed E-state index contributed by atoms with van der Waals surface area (Å²) in [5, 5.41) is 0. The minimum atomic E-state index is -1.05. The number of hydrogen-bond donors (Lipinski definition) is 0. The van der Waals surface area contributed by atoms with Crippen LogP contribution in [0.3, 0.4) is 0 Å². The van der Waals surface area contributed by atoms with E-state index in [1.54, 1.807) is 21.3 Å². The average Bonchev–Trinajstić information content (AvgIpc) is 3.09. The monoisotopic (exact) mass is 382 g/mol. The van der Waals surface area contributed by atoms with Crippen LogP contribution in [0.1, 0.15) is 12.8 Å². The van der Waals surface area contributed by atoms with Crippen molar-refractivity contribution in [3.05, 3.63) is 51.4 Å². The SMILES string of the molecule is C=CCC[C]#[Mo+].COP(OC)OC.[C-]#[O+].[CH]1[CH][CH][CH][CH]1. The van der Waals surface area contributed by atoms with Gasteiger partial charge in [-0.15, -0.1) is 0 Å². The molecule has 0 heterocycles. The van der Waals surface area contributed by atoms with Gasteiger partial charge < -0.3 is 13.6 Å². The van der Waals surface area contributed by atoms with E-state index in [0.717, 1.165) is 12.8 Å². The maximum Gasteiger partial charge on any atom is -0.0312 e. The van der Waals surface area contributed by atoms with Crippen molar-refractivity contribution >= 4 is 8.60 Å². The molecule has 0 aromatic carbocycles. The Kier molecular flexibility index (Phi) is 34.8. The second-order valence-electron chi connectivity index (χ2n) is 2.71. The Bertz CT molecular complexity index is 220. The predicted molar refractivity (Wildman–Crippen MR) is 76.7 cm³/mol. The molecule has 20 heavy (non-hydrogen) atoms. The van der Waals surface area contributed by atoms with Crippen molar-refractivity contribution in [1.29, 1.82) is 0 Å². The van der Waals surface area contributed by atoms with Gasteiger partial charge in [-0.2, -0.15) is 0 Å². The van der Waals surface area contributed by atoms with Crippen LogP contribution in [0.2, 0.25) is 0 Å². The topological polar surface area (TPSA) is 47.6 Å². The van der Waals surface area contributed by atoms with Gasteiger partial charge in [-0.3, -0.25) is 0 Å². The first-order valence-electron chi connectivity index (χ1n) is 5.52. The van der Waals surface area contributed by atoms with E-state index in [1.807, 2.05) is 57.3 Å². The van der Waals surface area contributed by atoms with E-state index < -0.39 is 8.60 Å². The van der Waals surface area contributed by atoms with Crippen molar-refractivity contribution in [3.8, 4) is 4.20 Å². The Balaban J connectivity index is -0.000000205. The third kappa shape index (κ3) is 26.7. The zero-order valence-electron chi connectivity index (χ0n) is 12.1. The van der Waals surface area contributed by atoms with Crippen molar-refractivity contribution in [2.75, 3.05) is 21.3 Å². The van der Waals surface area contributed by atoms with Gasteiger partial charge in [-0.25, -0.2) is 0 Å². The van der Waals surface area contributed by atoms with Crippen LogP contribution in [0.5, 0.6) is 0 Å². The minimum Gasteiger partial charge on any atom is -0.0312 e. The third-order valence-corrected chi connectivity index (χ3v) is 2.85. The predicted octanol–water partition coefficient (Wildman–Crippen LogP) is 3.60. The molecule has 1 saturated carbocycles. The maximum absolute atomic E-state index is 7.50. The molecule has 0 aliphatic heterocycles. The molecule has 0 aromatic heterocycles. The molecule has 1 fully saturated rings. The Morgan fingerprint density at radius 1 is 1.10 bits per heavy atom. The molecule has 1 rings (SSSR count). The maximum atomic E-state index is 7.50. The molecule has 4 nitrogen and oxygen atoms in total. The number of allylic oxidation sites excluding steroid dienone is 1. The largest absolute Gasteiger partial charge is 0.0312 e. The normalized spacial score (nSPS) is 11.7. The summed E-state index contributed by atoms with van der Waals surface area (Å²) in [6, 6.07) is 0. The molecule has 1 aliphatic carbocycles. The molecule has 111 valence electrons. The van der Waals surface area contributed by atoms with Gasteiger partial charge in [0.1, 0.15) is 0 Å². The summed E-state index contributed by atoms with van der Waals surface area (Å²) in [5.74, 6) is 0. The number of hydrogen-bond acceptors (Lipinski definition) is 3. The van der Waals surface area contributed by atoms with Crippen molar-refractivity contribution in [2.24, 2.45) is 0 Å². The van der Waals surface area contributed by atoms with Crippen LogP contribution in [0.25, 0.3) is 0 Å². The van der Waals surface area contributed by atoms with Gasteiger partial charge in [0.25, 0.3) is 0 Å². The van der Waals surface area contributed by atoms with Gasteiger partial charge in [-0.1, -0.05) is 0 Å². The van der Waals surface area contributed by atoms with Crippen LogP contribution in [0.15, 0.2) is 12.7 Å². The van der Waals surface area contributed by atoms with Crippen LogP contribution in [0.4, 0.5) is 0 Å². The van der Waals surface area contributed by atoms with E-state index in [1.165, 1.54) is 0 Å². The van der Waals surface area contributed by atoms with Crippen LogP contribution < -0.4 is 0 Å². The number of unbranched alkanes of at least 4 members (excludes halogenated alkanes) is 1. The quantitative estimate of drug-likeness (QED) is 0.183. The fourth-order valence-corrected chi connectivity index (χ4v) is 1.44. The van der Waals surface area contributed by atoms with E-state index >= 15 is 0 Å². The molecule has 0 unspecified atom stereocenters. The molecule has 1 aliphatic rings. The van der Waals surface area contributed by atoms with Crippen LogP contribution >= 0.6 is 8.60 Å². The molecule has 0 aromatic rings. The molecular weight excluding hydrogens is 359 g/mol. The van der Waals surface area contributed by atoms with Crippen LogP contribution in [0, 0.1) is 43.0 Å². The molecule has 6 heteroatoms. The van der Waals surface area contributed by atoms with E-state index in [9.17, 15) is 0 Å². The van der Waals surface area contributed by atoms with Crippen molar-refractivity contribution in [1.82, 2.24) is 0 Å².